The highest BCUT2D eigenvalue weighted by Gasteiger charge is 2.27. The largest absolute Gasteiger partial charge is 0.379 e. The van der Waals surface area contributed by atoms with Gasteiger partial charge in [-0.2, -0.15) is 0 Å². The van der Waals surface area contributed by atoms with Gasteiger partial charge in [-0.1, -0.05) is 18.2 Å². The van der Waals surface area contributed by atoms with Crippen LogP contribution in [0.4, 0.5) is 10.1 Å². The van der Waals surface area contributed by atoms with Crippen molar-refractivity contribution < 1.29 is 18.7 Å². The summed E-state index contributed by atoms with van der Waals surface area (Å²) in [6.45, 7) is 7.13. The third-order valence-corrected chi connectivity index (χ3v) is 6.50. The molecule has 0 unspecified atom stereocenters. The third kappa shape index (κ3) is 6.97. The van der Waals surface area contributed by atoms with Gasteiger partial charge in [-0.15, -0.1) is 0 Å². The molecule has 1 aromatic heterocycles. The molecule has 35 heavy (non-hydrogen) atoms. The molecule has 0 bridgehead atoms. The van der Waals surface area contributed by atoms with Crippen LogP contribution in [0.2, 0.25) is 0 Å². The number of carbonyl (C=O) groups excluding carboxylic acids is 2. The Kier molecular flexibility index (Phi) is 8.99. The molecule has 2 aliphatic rings. The molecule has 2 amide bonds. The first-order chi connectivity index (χ1) is 17.1. The molecule has 1 atom stereocenters. The minimum absolute atomic E-state index is 0.142. The Hall–Kier alpha value is -3.08. The average molecular weight is 485 g/mol. The molecule has 2 saturated heterocycles. The number of piperazine rings is 1. The topological polar surface area (TPSA) is 90.0 Å². The van der Waals surface area contributed by atoms with E-state index in [1.165, 1.54) is 6.07 Å². The number of benzene rings is 1. The van der Waals surface area contributed by atoms with Crippen molar-refractivity contribution in [3.63, 3.8) is 0 Å². The molecule has 9 nitrogen and oxygen atoms in total. The van der Waals surface area contributed by atoms with E-state index >= 15 is 0 Å². The fraction of sp³-hybridized carbons (Fsp3) is 0.480. The number of para-hydroxylation sites is 1. The first-order valence-corrected chi connectivity index (χ1v) is 12.1. The number of halogens is 1. The Labute approximate surface area is 205 Å². The molecule has 3 heterocycles. The van der Waals surface area contributed by atoms with Gasteiger partial charge in [0.15, 0.2) is 0 Å². The van der Waals surface area contributed by atoms with E-state index in [-0.39, 0.29) is 18.4 Å². The molecule has 188 valence electrons. The summed E-state index contributed by atoms with van der Waals surface area (Å²) in [5.41, 5.74) is 1.56. The van der Waals surface area contributed by atoms with Crippen molar-refractivity contribution in [2.45, 2.75) is 6.04 Å². The Balaban J connectivity index is 1.30. The van der Waals surface area contributed by atoms with Gasteiger partial charge in [0.05, 0.1) is 24.9 Å². The SMILES string of the molecule is O=C(NCCN1CCOCC1)C(=O)NC[C@H](c1cccnc1)N1CCN(c2ccccc2F)CC1. The fourth-order valence-electron chi connectivity index (χ4n) is 4.52. The van der Waals surface area contributed by atoms with Crippen LogP contribution in [0, 0.1) is 5.82 Å². The van der Waals surface area contributed by atoms with Crippen LogP contribution in [-0.2, 0) is 14.3 Å². The number of amides is 2. The molecule has 0 radical (unpaired) electrons. The summed E-state index contributed by atoms with van der Waals surface area (Å²) in [6, 6.07) is 10.5. The quantitative estimate of drug-likeness (QED) is 0.532. The number of anilines is 1. The lowest BCUT2D eigenvalue weighted by atomic mass is 10.1. The van der Waals surface area contributed by atoms with E-state index in [0.29, 0.717) is 58.2 Å². The maximum Gasteiger partial charge on any atom is 0.309 e. The minimum atomic E-state index is -0.647. The van der Waals surface area contributed by atoms with E-state index in [1.807, 2.05) is 23.1 Å². The minimum Gasteiger partial charge on any atom is -0.379 e. The molecule has 2 N–H and O–H groups in total. The van der Waals surface area contributed by atoms with Gasteiger partial charge < -0.3 is 20.3 Å². The van der Waals surface area contributed by atoms with Crippen LogP contribution in [-0.4, -0.2) is 98.7 Å². The van der Waals surface area contributed by atoms with Crippen LogP contribution in [0.15, 0.2) is 48.8 Å². The summed E-state index contributed by atoms with van der Waals surface area (Å²) in [5.74, 6) is -1.50. The van der Waals surface area contributed by atoms with Gasteiger partial charge in [0.1, 0.15) is 5.82 Å². The van der Waals surface area contributed by atoms with Crippen molar-refractivity contribution in [3.8, 4) is 0 Å². The van der Waals surface area contributed by atoms with E-state index in [0.717, 1.165) is 18.7 Å². The van der Waals surface area contributed by atoms with Crippen LogP contribution in [0.3, 0.4) is 0 Å². The van der Waals surface area contributed by atoms with Crippen molar-refractivity contribution >= 4 is 17.5 Å². The van der Waals surface area contributed by atoms with Crippen molar-refractivity contribution in [1.82, 2.24) is 25.4 Å². The first kappa shape index (κ1) is 25.0. The molecule has 1 aromatic carbocycles. The number of pyridine rings is 1. The van der Waals surface area contributed by atoms with Gasteiger partial charge in [-0.25, -0.2) is 4.39 Å². The maximum atomic E-state index is 14.2. The highest BCUT2D eigenvalue weighted by Crippen LogP contribution is 2.25. The van der Waals surface area contributed by atoms with Gasteiger partial charge in [-0.05, 0) is 23.8 Å². The number of aromatic nitrogens is 1. The Morgan fingerprint density at radius 2 is 1.71 bits per heavy atom. The molecule has 0 spiro atoms. The number of nitrogens with one attached hydrogen (secondary N) is 2. The summed E-state index contributed by atoms with van der Waals surface area (Å²) in [7, 11) is 0. The smallest absolute Gasteiger partial charge is 0.309 e. The predicted octanol–water partition coefficient (Wildman–Crippen LogP) is 0.649. The van der Waals surface area contributed by atoms with Crippen molar-refractivity contribution in [1.29, 1.82) is 0 Å². The lowest BCUT2D eigenvalue weighted by Crippen LogP contribution is -2.51. The fourth-order valence-corrected chi connectivity index (χ4v) is 4.52. The molecule has 2 fully saturated rings. The highest BCUT2D eigenvalue weighted by molar-refractivity contribution is 6.35. The zero-order valence-corrected chi connectivity index (χ0v) is 19.9. The zero-order valence-electron chi connectivity index (χ0n) is 19.9. The van der Waals surface area contributed by atoms with E-state index < -0.39 is 11.8 Å². The number of ether oxygens (including phenoxy) is 1. The van der Waals surface area contributed by atoms with Crippen LogP contribution in [0.5, 0.6) is 0 Å². The van der Waals surface area contributed by atoms with E-state index in [2.05, 4.69) is 25.4 Å². The van der Waals surface area contributed by atoms with E-state index in [9.17, 15) is 14.0 Å². The zero-order chi connectivity index (χ0) is 24.5. The number of nitrogens with zero attached hydrogens (tertiary/aromatic N) is 4. The Bertz CT molecular complexity index is 965. The summed E-state index contributed by atoms with van der Waals surface area (Å²) < 4.78 is 19.5. The molecule has 10 heteroatoms. The van der Waals surface area contributed by atoms with Gasteiger partial charge in [0.2, 0.25) is 0 Å². The third-order valence-electron chi connectivity index (χ3n) is 6.50. The van der Waals surface area contributed by atoms with Gasteiger partial charge in [0.25, 0.3) is 0 Å². The molecule has 0 saturated carbocycles. The van der Waals surface area contributed by atoms with E-state index in [4.69, 9.17) is 4.74 Å². The maximum absolute atomic E-state index is 14.2. The molecular weight excluding hydrogens is 451 g/mol. The lowest BCUT2D eigenvalue weighted by molar-refractivity contribution is -0.139. The van der Waals surface area contributed by atoms with Crippen LogP contribution in [0.1, 0.15) is 11.6 Å². The molecule has 2 aromatic rings. The van der Waals surface area contributed by atoms with Gasteiger partial charge >= 0.3 is 11.8 Å². The summed E-state index contributed by atoms with van der Waals surface area (Å²) in [5, 5.41) is 5.49. The number of rotatable bonds is 8. The highest BCUT2D eigenvalue weighted by atomic mass is 19.1. The number of morpholine rings is 1. The Morgan fingerprint density at radius 1 is 0.971 bits per heavy atom. The number of carbonyl (C=O) groups is 2. The molecule has 0 aliphatic carbocycles. The van der Waals surface area contributed by atoms with Gasteiger partial charge in [0, 0.05) is 71.3 Å². The first-order valence-electron chi connectivity index (χ1n) is 12.1. The second-order valence-corrected chi connectivity index (χ2v) is 8.70. The van der Waals surface area contributed by atoms with E-state index in [1.54, 1.807) is 24.5 Å². The second-order valence-electron chi connectivity index (χ2n) is 8.70. The molecule has 2 aliphatic heterocycles. The van der Waals surface area contributed by atoms with Crippen molar-refractivity contribution in [2.75, 3.05) is 77.0 Å². The van der Waals surface area contributed by atoms with Crippen LogP contribution < -0.4 is 15.5 Å². The monoisotopic (exact) mass is 484 g/mol. The number of hydrogen-bond donors (Lipinski definition) is 2. The second kappa shape index (κ2) is 12.6. The number of hydrogen-bond acceptors (Lipinski definition) is 7. The van der Waals surface area contributed by atoms with Crippen molar-refractivity contribution in [2.24, 2.45) is 0 Å². The van der Waals surface area contributed by atoms with Crippen LogP contribution in [0.25, 0.3) is 0 Å². The van der Waals surface area contributed by atoms with Gasteiger partial charge in [-0.3, -0.25) is 24.4 Å². The Morgan fingerprint density at radius 3 is 2.43 bits per heavy atom. The normalized spacial score (nSPS) is 18.1. The molecular formula is C25H33FN6O3. The predicted molar refractivity (Wildman–Crippen MR) is 130 cm³/mol. The molecule has 4 rings (SSSR count). The average Bonchev–Trinajstić information content (AvgIpc) is 2.90. The lowest BCUT2D eigenvalue weighted by Gasteiger charge is -2.40. The summed E-state index contributed by atoms with van der Waals surface area (Å²) >= 11 is 0. The summed E-state index contributed by atoms with van der Waals surface area (Å²) in [4.78, 5) is 35.5. The standard InChI is InChI=1S/C25H33FN6O3/c26-21-5-1-2-6-22(21)31-10-12-32(13-11-31)23(20-4-3-7-27-18-20)19-29-25(34)24(33)28-8-9-30-14-16-35-17-15-30/h1-7,18,23H,8-17,19H2,(H,28,33)(H,29,34)/t23-/m1/s1. The van der Waals surface area contributed by atoms with Crippen LogP contribution >= 0.6 is 0 Å². The summed E-state index contributed by atoms with van der Waals surface area (Å²) in [6.07, 6.45) is 3.49. The van der Waals surface area contributed by atoms with Crippen molar-refractivity contribution in [3.05, 3.63) is 60.2 Å².